The first-order chi connectivity index (χ1) is 5.88. The molecule has 0 aliphatic carbocycles. The van der Waals surface area contributed by atoms with E-state index >= 15 is 0 Å². The van der Waals surface area contributed by atoms with Gasteiger partial charge in [-0.3, -0.25) is 0 Å². The lowest BCUT2D eigenvalue weighted by atomic mass is 10.2. The predicted octanol–water partition coefficient (Wildman–Crippen LogP) is 2.13. The van der Waals surface area contributed by atoms with Gasteiger partial charge in [0.1, 0.15) is 15.5 Å². The van der Waals surface area contributed by atoms with Crippen molar-refractivity contribution in [3.05, 3.63) is 35.9 Å². The Labute approximate surface area is 80.3 Å². The van der Waals surface area contributed by atoms with E-state index in [0.29, 0.717) is 11.3 Å². The maximum absolute atomic E-state index is 10.7. The molecule has 1 nitrogen and oxygen atoms in total. The monoisotopic (exact) mass is 198 g/mol. The highest BCUT2D eigenvalue weighted by Gasteiger charge is 1.99. The lowest BCUT2D eigenvalue weighted by Crippen LogP contribution is -1.94. The second-order valence-electron chi connectivity index (χ2n) is 2.17. The summed E-state index contributed by atoms with van der Waals surface area (Å²) >= 11 is 2.17. The van der Waals surface area contributed by atoms with Crippen molar-refractivity contribution in [2.24, 2.45) is 0 Å². The summed E-state index contributed by atoms with van der Waals surface area (Å²) in [4.78, 5) is 0. The highest BCUT2D eigenvalue weighted by Crippen LogP contribution is 2.10. The molecule has 0 bridgehead atoms. The summed E-state index contributed by atoms with van der Waals surface area (Å²) in [6.07, 6.45) is 0. The summed E-state index contributed by atoms with van der Waals surface area (Å²) in [5.41, 5.74) is 1.03. The Bertz CT molecular complexity index is 289. The Kier molecular flexibility index (Phi) is 4.11. The van der Waals surface area contributed by atoms with Gasteiger partial charge in [-0.1, -0.05) is 37.3 Å². The lowest BCUT2D eigenvalue weighted by Gasteiger charge is -1.98. The molecule has 0 radical (unpaired) electrons. The summed E-state index contributed by atoms with van der Waals surface area (Å²) in [5.74, 6) is 0.944. The van der Waals surface area contributed by atoms with Crippen molar-refractivity contribution in [3.8, 4) is 0 Å². The van der Waals surface area contributed by atoms with Gasteiger partial charge in [0, 0.05) is 5.56 Å². The zero-order valence-corrected chi connectivity index (χ0v) is 8.45. The molecular formula is C9H10OS2. The number of hydrogen-bond acceptors (Lipinski definition) is 2. The minimum Gasteiger partial charge on any atom is -0.211 e. The van der Waals surface area contributed by atoms with E-state index in [1.807, 2.05) is 37.3 Å². The molecule has 3 heteroatoms. The molecular weight excluding hydrogens is 188 g/mol. The average molecular weight is 198 g/mol. The van der Waals surface area contributed by atoms with Gasteiger partial charge in [0.15, 0.2) is 0 Å². The second-order valence-corrected chi connectivity index (χ2v) is 4.28. The molecule has 0 spiro atoms. The van der Waals surface area contributed by atoms with E-state index in [9.17, 15) is 4.21 Å². The van der Waals surface area contributed by atoms with Crippen LogP contribution in [0.5, 0.6) is 0 Å². The number of hydrogen-bond donors (Lipinski definition) is 0. The predicted molar refractivity (Wildman–Crippen MR) is 56.8 cm³/mol. The normalized spacial score (nSPS) is 9.42. The Hall–Kier alpha value is -0.540. The molecule has 12 heavy (non-hydrogen) atoms. The lowest BCUT2D eigenvalue weighted by molar-refractivity contribution is 0.701. The first-order valence-electron chi connectivity index (χ1n) is 3.73. The molecule has 64 valence electrons. The van der Waals surface area contributed by atoms with Crippen LogP contribution in [0.3, 0.4) is 0 Å². The zero-order chi connectivity index (χ0) is 8.81. The maximum Gasteiger partial charge on any atom is 0.108 e. The molecule has 1 rings (SSSR count). The minimum atomic E-state index is 0.577. The topological polar surface area (TPSA) is 17.1 Å². The van der Waals surface area contributed by atoms with Crippen LogP contribution in [0.1, 0.15) is 12.5 Å². The van der Waals surface area contributed by atoms with E-state index in [0.717, 1.165) is 15.5 Å². The van der Waals surface area contributed by atoms with Crippen LogP contribution in [-0.2, 0) is 11.3 Å². The van der Waals surface area contributed by atoms with Gasteiger partial charge in [-0.2, -0.15) is 0 Å². The Morgan fingerprint density at radius 1 is 1.33 bits per heavy atom. The fourth-order valence-electron chi connectivity index (χ4n) is 0.861. The van der Waals surface area contributed by atoms with Crippen molar-refractivity contribution < 1.29 is 4.21 Å². The van der Waals surface area contributed by atoms with Crippen molar-refractivity contribution in [1.29, 1.82) is 0 Å². The molecule has 0 saturated heterocycles. The molecule has 0 fully saturated rings. The third-order valence-corrected chi connectivity index (χ3v) is 3.09. The smallest absolute Gasteiger partial charge is 0.108 e. The van der Waals surface area contributed by atoms with E-state index < -0.39 is 0 Å². The van der Waals surface area contributed by atoms with Crippen molar-refractivity contribution in [2.75, 3.05) is 5.75 Å². The Morgan fingerprint density at radius 3 is 2.50 bits per heavy atom. The quantitative estimate of drug-likeness (QED) is 0.677. The summed E-state index contributed by atoms with van der Waals surface area (Å²) in [6.45, 7) is 2.05. The van der Waals surface area contributed by atoms with Gasteiger partial charge < -0.3 is 0 Å². The van der Waals surface area contributed by atoms with Gasteiger partial charge in [-0.05, 0) is 5.75 Å². The van der Waals surface area contributed by atoms with Crippen molar-refractivity contribution in [3.63, 3.8) is 0 Å². The minimum absolute atomic E-state index is 0.577. The fraction of sp³-hybridized carbons (Fsp3) is 0.222. The second kappa shape index (κ2) is 5.17. The SMILES string of the molecule is CCSC(=S=O)c1ccccc1. The molecule has 0 aliphatic heterocycles. The van der Waals surface area contributed by atoms with Crippen LogP contribution in [-0.4, -0.2) is 14.2 Å². The van der Waals surface area contributed by atoms with Crippen LogP contribution in [0.2, 0.25) is 0 Å². The van der Waals surface area contributed by atoms with Crippen LogP contribution in [0.4, 0.5) is 0 Å². The van der Waals surface area contributed by atoms with E-state index in [1.54, 1.807) is 11.8 Å². The first kappa shape index (κ1) is 9.55. The fourth-order valence-corrected chi connectivity index (χ4v) is 2.20. The van der Waals surface area contributed by atoms with E-state index in [2.05, 4.69) is 0 Å². The molecule has 0 heterocycles. The first-order valence-corrected chi connectivity index (χ1v) is 5.46. The molecule has 0 amide bonds. The van der Waals surface area contributed by atoms with Crippen molar-refractivity contribution >= 4 is 27.2 Å². The van der Waals surface area contributed by atoms with Crippen LogP contribution in [0.15, 0.2) is 30.3 Å². The highest BCUT2D eigenvalue weighted by molar-refractivity contribution is 8.21. The van der Waals surface area contributed by atoms with Gasteiger partial charge in [-0.25, -0.2) is 4.21 Å². The summed E-state index contributed by atoms with van der Waals surface area (Å²) in [6, 6.07) is 9.77. The van der Waals surface area contributed by atoms with Gasteiger partial charge in [0.05, 0.1) is 0 Å². The number of thioether (sulfide) groups is 1. The Balaban J connectivity index is 2.89. The molecule has 0 unspecified atom stereocenters. The maximum atomic E-state index is 10.7. The third kappa shape index (κ3) is 2.50. The number of rotatable bonds is 2. The summed E-state index contributed by atoms with van der Waals surface area (Å²) in [5, 5.41) is 0. The van der Waals surface area contributed by atoms with Gasteiger partial charge >= 0.3 is 0 Å². The van der Waals surface area contributed by atoms with Gasteiger partial charge in [0.25, 0.3) is 0 Å². The average Bonchev–Trinajstić information content (AvgIpc) is 2.15. The van der Waals surface area contributed by atoms with E-state index in [4.69, 9.17) is 0 Å². The summed E-state index contributed by atoms with van der Waals surface area (Å²) < 4.78 is 11.5. The molecule has 0 N–H and O–H groups in total. The van der Waals surface area contributed by atoms with Crippen LogP contribution < -0.4 is 0 Å². The zero-order valence-electron chi connectivity index (χ0n) is 6.82. The molecule has 0 saturated carbocycles. The van der Waals surface area contributed by atoms with Crippen molar-refractivity contribution in [1.82, 2.24) is 0 Å². The summed E-state index contributed by atoms with van der Waals surface area (Å²) in [7, 11) is 0. The molecule has 0 atom stereocenters. The van der Waals surface area contributed by atoms with Gasteiger partial charge in [0.2, 0.25) is 0 Å². The van der Waals surface area contributed by atoms with Crippen molar-refractivity contribution in [2.45, 2.75) is 6.92 Å². The standard InChI is InChI=1S/C9H10OS2/c1-2-11-9(12-10)8-6-4-3-5-7-8/h3-7H,2H2,1H3. The Morgan fingerprint density at radius 2 is 2.00 bits per heavy atom. The van der Waals surface area contributed by atoms with Gasteiger partial charge in [-0.15, -0.1) is 11.8 Å². The van der Waals surface area contributed by atoms with E-state index in [1.165, 1.54) is 0 Å². The molecule has 0 aliphatic rings. The van der Waals surface area contributed by atoms with Crippen LogP contribution >= 0.6 is 11.8 Å². The van der Waals surface area contributed by atoms with Crippen LogP contribution in [0, 0.1) is 0 Å². The molecule has 1 aromatic rings. The highest BCUT2D eigenvalue weighted by atomic mass is 32.2. The third-order valence-electron chi connectivity index (χ3n) is 1.36. The molecule has 1 aromatic carbocycles. The largest absolute Gasteiger partial charge is 0.211 e. The van der Waals surface area contributed by atoms with Crippen LogP contribution in [0.25, 0.3) is 0 Å². The van der Waals surface area contributed by atoms with E-state index in [-0.39, 0.29) is 0 Å². The number of benzene rings is 1. The molecule has 0 aromatic heterocycles.